The van der Waals surface area contributed by atoms with E-state index in [9.17, 15) is 4.79 Å². The van der Waals surface area contributed by atoms with Gasteiger partial charge < -0.3 is 14.1 Å². The van der Waals surface area contributed by atoms with Crippen LogP contribution in [0.5, 0.6) is 0 Å². The molecule has 0 aliphatic carbocycles. The first-order chi connectivity index (χ1) is 16.8. The van der Waals surface area contributed by atoms with Crippen molar-refractivity contribution in [3.05, 3.63) is 94.8 Å². The van der Waals surface area contributed by atoms with E-state index in [2.05, 4.69) is 22.1 Å². The van der Waals surface area contributed by atoms with Gasteiger partial charge in [0, 0.05) is 24.2 Å². The Labute approximate surface area is 195 Å². The van der Waals surface area contributed by atoms with Gasteiger partial charge in [-0.3, -0.25) is 4.79 Å². The van der Waals surface area contributed by atoms with Crippen molar-refractivity contribution >= 4 is 33.8 Å². The summed E-state index contributed by atoms with van der Waals surface area (Å²) in [4.78, 5) is 20.4. The zero-order chi connectivity index (χ0) is 22.9. The highest BCUT2D eigenvalue weighted by atomic mass is 16.5. The van der Waals surface area contributed by atoms with Gasteiger partial charge >= 0.3 is 0 Å². The summed E-state index contributed by atoms with van der Waals surface area (Å²) in [5.74, 6) is 0.852. The molecule has 2 aromatic heterocycles. The minimum absolute atomic E-state index is 0.248. The third-order valence-electron chi connectivity index (χ3n) is 5.99. The first kappa shape index (κ1) is 20.4. The molecule has 1 saturated heterocycles. The number of fused-ring (bicyclic) bond motifs is 2. The van der Waals surface area contributed by atoms with Gasteiger partial charge in [-0.2, -0.15) is 9.78 Å². The molecule has 5 aromatic rings. The monoisotopic (exact) mass is 450 g/mol. The van der Waals surface area contributed by atoms with Gasteiger partial charge in [0.15, 0.2) is 5.76 Å². The lowest BCUT2D eigenvalue weighted by molar-refractivity contribution is 0.122. The summed E-state index contributed by atoms with van der Waals surface area (Å²) < 4.78 is 12.8. The number of nitrogens with zero attached hydrogens (tertiary/aromatic N) is 4. The number of para-hydroxylation sites is 2. The molecular formula is C27H22N4O3. The third-order valence-corrected chi connectivity index (χ3v) is 5.99. The molecule has 168 valence electrons. The quantitative estimate of drug-likeness (QED) is 0.376. The summed E-state index contributed by atoms with van der Waals surface area (Å²) in [6.07, 6.45) is 1.67. The highest BCUT2D eigenvalue weighted by molar-refractivity contribution is 5.85. The molecule has 34 heavy (non-hydrogen) atoms. The maximum Gasteiger partial charge on any atom is 0.282 e. The van der Waals surface area contributed by atoms with Crippen molar-refractivity contribution in [3.8, 4) is 11.6 Å². The van der Waals surface area contributed by atoms with Gasteiger partial charge in [0.2, 0.25) is 5.82 Å². The number of anilines is 1. The van der Waals surface area contributed by atoms with Gasteiger partial charge in [-0.1, -0.05) is 42.5 Å². The number of benzene rings is 3. The summed E-state index contributed by atoms with van der Waals surface area (Å²) in [5.41, 5.74) is 3.11. The molecule has 1 aliphatic heterocycles. The van der Waals surface area contributed by atoms with Crippen molar-refractivity contribution in [1.29, 1.82) is 0 Å². The fraction of sp³-hybridized carbons (Fsp3) is 0.148. The standard InChI is InChI=1S/C27H22N4O3/c32-27-22-6-2-3-7-23(22)29-26(25-17-20-5-1-4-8-24(20)34-25)31(27)28-18-19-9-11-21(12-10-19)30-13-15-33-16-14-30/h1-12,17-18H,13-16H2. The molecule has 0 unspecified atom stereocenters. The fourth-order valence-corrected chi connectivity index (χ4v) is 4.20. The molecule has 0 spiro atoms. The molecule has 0 saturated carbocycles. The molecule has 6 rings (SSSR count). The lowest BCUT2D eigenvalue weighted by Gasteiger charge is -2.28. The highest BCUT2D eigenvalue weighted by Crippen LogP contribution is 2.27. The van der Waals surface area contributed by atoms with Crippen LogP contribution in [0.4, 0.5) is 5.69 Å². The Bertz CT molecular complexity index is 1530. The molecule has 7 heteroatoms. The van der Waals surface area contributed by atoms with Crippen molar-refractivity contribution in [3.63, 3.8) is 0 Å². The number of aromatic nitrogens is 2. The maximum absolute atomic E-state index is 13.4. The second-order valence-corrected chi connectivity index (χ2v) is 8.15. The summed E-state index contributed by atoms with van der Waals surface area (Å²) in [6, 6.07) is 25.0. The summed E-state index contributed by atoms with van der Waals surface area (Å²) in [6.45, 7) is 3.25. The minimum atomic E-state index is -0.248. The molecule has 0 bridgehead atoms. The van der Waals surface area contributed by atoms with Crippen LogP contribution in [0.1, 0.15) is 5.56 Å². The summed E-state index contributed by atoms with van der Waals surface area (Å²) in [7, 11) is 0. The lowest BCUT2D eigenvalue weighted by atomic mass is 10.2. The molecule has 0 atom stereocenters. The smallest absolute Gasteiger partial charge is 0.282 e. The Kier molecular flexibility index (Phi) is 5.16. The Morgan fingerprint density at radius 1 is 0.912 bits per heavy atom. The average molecular weight is 450 g/mol. The van der Waals surface area contributed by atoms with Crippen LogP contribution in [0.2, 0.25) is 0 Å². The minimum Gasteiger partial charge on any atom is -0.453 e. The number of morpholine rings is 1. The molecule has 0 amide bonds. The second kappa shape index (κ2) is 8.61. The van der Waals surface area contributed by atoms with Crippen LogP contribution in [0.3, 0.4) is 0 Å². The molecule has 1 fully saturated rings. The van der Waals surface area contributed by atoms with Crippen molar-refractivity contribution < 1.29 is 9.15 Å². The topological polar surface area (TPSA) is 72.9 Å². The fourth-order valence-electron chi connectivity index (χ4n) is 4.20. The van der Waals surface area contributed by atoms with Gasteiger partial charge in [-0.15, -0.1) is 0 Å². The number of furan rings is 1. The van der Waals surface area contributed by atoms with E-state index in [1.54, 1.807) is 12.3 Å². The molecule has 0 radical (unpaired) electrons. The van der Waals surface area contributed by atoms with Gasteiger partial charge in [0.1, 0.15) is 5.58 Å². The van der Waals surface area contributed by atoms with E-state index in [0.29, 0.717) is 22.5 Å². The van der Waals surface area contributed by atoms with Crippen molar-refractivity contribution in [1.82, 2.24) is 9.66 Å². The lowest BCUT2D eigenvalue weighted by Crippen LogP contribution is -2.36. The molecular weight excluding hydrogens is 428 g/mol. The molecule has 1 aliphatic rings. The van der Waals surface area contributed by atoms with Gasteiger partial charge in [-0.25, -0.2) is 4.98 Å². The number of hydrogen-bond acceptors (Lipinski definition) is 6. The van der Waals surface area contributed by atoms with E-state index in [-0.39, 0.29) is 5.56 Å². The number of ether oxygens (including phenoxy) is 1. The Hall–Kier alpha value is -4.23. The summed E-state index contributed by atoms with van der Waals surface area (Å²) >= 11 is 0. The van der Waals surface area contributed by atoms with E-state index in [0.717, 1.165) is 48.5 Å². The first-order valence-electron chi connectivity index (χ1n) is 11.2. The maximum atomic E-state index is 13.4. The van der Waals surface area contributed by atoms with Crippen molar-refractivity contribution in [2.75, 3.05) is 31.2 Å². The van der Waals surface area contributed by atoms with Gasteiger partial charge in [-0.05, 0) is 42.0 Å². The van der Waals surface area contributed by atoms with Crippen molar-refractivity contribution in [2.24, 2.45) is 5.10 Å². The second-order valence-electron chi connectivity index (χ2n) is 8.15. The van der Waals surface area contributed by atoms with E-state index < -0.39 is 0 Å². The van der Waals surface area contributed by atoms with Crippen LogP contribution < -0.4 is 10.5 Å². The van der Waals surface area contributed by atoms with Crippen LogP contribution in [0.15, 0.2) is 93.2 Å². The van der Waals surface area contributed by atoms with Crippen LogP contribution in [-0.4, -0.2) is 42.2 Å². The zero-order valence-corrected chi connectivity index (χ0v) is 18.4. The number of rotatable bonds is 4. The van der Waals surface area contributed by atoms with Crippen LogP contribution in [0, 0.1) is 0 Å². The average Bonchev–Trinajstić information content (AvgIpc) is 3.33. The van der Waals surface area contributed by atoms with E-state index in [4.69, 9.17) is 14.1 Å². The third kappa shape index (κ3) is 3.76. The Morgan fingerprint density at radius 3 is 2.50 bits per heavy atom. The highest BCUT2D eigenvalue weighted by Gasteiger charge is 2.16. The van der Waals surface area contributed by atoms with Crippen LogP contribution in [-0.2, 0) is 4.74 Å². The molecule has 3 aromatic carbocycles. The number of hydrogen-bond donors (Lipinski definition) is 0. The van der Waals surface area contributed by atoms with E-state index in [1.165, 1.54) is 4.68 Å². The largest absolute Gasteiger partial charge is 0.453 e. The zero-order valence-electron chi connectivity index (χ0n) is 18.4. The SMILES string of the molecule is O=c1c2ccccc2nc(-c2cc3ccccc3o2)n1N=Cc1ccc(N2CCOCC2)cc1. The van der Waals surface area contributed by atoms with Gasteiger partial charge in [0.05, 0.1) is 30.3 Å². The molecule has 0 N–H and O–H groups in total. The van der Waals surface area contributed by atoms with Gasteiger partial charge in [0.25, 0.3) is 5.56 Å². The van der Waals surface area contributed by atoms with E-state index in [1.807, 2.05) is 60.7 Å². The molecule has 7 nitrogen and oxygen atoms in total. The summed E-state index contributed by atoms with van der Waals surface area (Å²) in [5, 5.41) is 5.98. The van der Waals surface area contributed by atoms with Crippen molar-refractivity contribution in [2.45, 2.75) is 0 Å². The predicted molar refractivity (Wildman–Crippen MR) is 134 cm³/mol. The van der Waals surface area contributed by atoms with Crippen LogP contribution >= 0.6 is 0 Å². The normalized spacial score (nSPS) is 14.4. The van der Waals surface area contributed by atoms with Crippen LogP contribution in [0.25, 0.3) is 33.5 Å². The molecule has 3 heterocycles. The van der Waals surface area contributed by atoms with E-state index >= 15 is 0 Å². The first-order valence-corrected chi connectivity index (χ1v) is 11.2. The Balaban J connectivity index is 1.41. The predicted octanol–water partition coefficient (Wildman–Crippen LogP) is 4.53. The Morgan fingerprint density at radius 2 is 1.68 bits per heavy atom.